The maximum Gasteiger partial charge on any atom is 0.313 e. The number of piperidine rings is 1. The predicted octanol–water partition coefficient (Wildman–Crippen LogP) is 3.92. The van der Waals surface area contributed by atoms with Crippen molar-refractivity contribution in [3.63, 3.8) is 0 Å². The molecule has 2 N–H and O–H groups in total. The number of amides is 2. The van der Waals surface area contributed by atoms with Crippen LogP contribution in [0, 0.1) is 34.6 Å². The standard InChI is InChI=1S/C26H35N3O4S/c1-17-15-19(3)24(20(4)16-17)34(32,33)29-14-7-6-10-22(29)12-13-27-25(30)26(31)28-23-11-8-9-18(2)21(23)5/h8-9,11,15-16,22H,6-7,10,12-14H2,1-5H3,(H,27,30)(H,28,31). The van der Waals surface area contributed by atoms with Crippen molar-refractivity contribution in [3.8, 4) is 0 Å². The zero-order valence-electron chi connectivity index (χ0n) is 20.7. The second kappa shape index (κ2) is 10.7. The topological polar surface area (TPSA) is 95.6 Å². The highest BCUT2D eigenvalue weighted by Crippen LogP contribution is 2.31. The monoisotopic (exact) mass is 485 g/mol. The molecule has 1 aliphatic rings. The van der Waals surface area contributed by atoms with Crippen LogP contribution in [0.5, 0.6) is 0 Å². The smallest absolute Gasteiger partial charge is 0.313 e. The van der Waals surface area contributed by atoms with E-state index >= 15 is 0 Å². The third kappa shape index (κ3) is 5.67. The van der Waals surface area contributed by atoms with Crippen LogP contribution in [0.1, 0.15) is 53.5 Å². The van der Waals surface area contributed by atoms with E-state index in [1.165, 1.54) is 0 Å². The number of aryl methyl sites for hydroxylation is 4. The Labute approximate surface area is 203 Å². The SMILES string of the molecule is Cc1cc(C)c(S(=O)(=O)N2CCCCC2CCNC(=O)C(=O)Nc2cccc(C)c2C)c(C)c1. The van der Waals surface area contributed by atoms with Gasteiger partial charge in [-0.2, -0.15) is 4.31 Å². The van der Waals surface area contributed by atoms with Crippen molar-refractivity contribution in [2.75, 3.05) is 18.4 Å². The summed E-state index contributed by atoms with van der Waals surface area (Å²) in [5, 5.41) is 5.31. The summed E-state index contributed by atoms with van der Waals surface area (Å²) in [4.78, 5) is 25.1. The third-order valence-electron chi connectivity index (χ3n) is 6.57. The van der Waals surface area contributed by atoms with E-state index in [0.717, 1.165) is 47.1 Å². The number of carbonyl (C=O) groups is 2. The zero-order chi connectivity index (χ0) is 25.0. The van der Waals surface area contributed by atoms with Crippen molar-refractivity contribution in [2.24, 2.45) is 0 Å². The zero-order valence-corrected chi connectivity index (χ0v) is 21.5. The Morgan fingerprint density at radius 2 is 1.65 bits per heavy atom. The molecule has 3 rings (SSSR count). The lowest BCUT2D eigenvalue weighted by Crippen LogP contribution is -2.46. The summed E-state index contributed by atoms with van der Waals surface area (Å²) in [7, 11) is -3.66. The number of hydrogen-bond donors (Lipinski definition) is 2. The molecule has 8 heteroatoms. The molecule has 0 radical (unpaired) electrons. The minimum Gasteiger partial charge on any atom is -0.348 e. The van der Waals surface area contributed by atoms with Gasteiger partial charge in [0, 0.05) is 24.8 Å². The minimum absolute atomic E-state index is 0.221. The summed E-state index contributed by atoms with van der Waals surface area (Å²) in [5.41, 5.74) is 5.07. The highest BCUT2D eigenvalue weighted by molar-refractivity contribution is 7.89. The molecule has 0 spiro atoms. The van der Waals surface area contributed by atoms with Crippen molar-refractivity contribution in [1.82, 2.24) is 9.62 Å². The van der Waals surface area contributed by atoms with E-state index in [0.29, 0.717) is 23.5 Å². The average molecular weight is 486 g/mol. The second-order valence-corrected chi connectivity index (χ2v) is 11.1. The molecule has 34 heavy (non-hydrogen) atoms. The molecule has 2 aromatic rings. The van der Waals surface area contributed by atoms with Crippen molar-refractivity contribution in [3.05, 3.63) is 58.1 Å². The van der Waals surface area contributed by atoms with Crippen molar-refractivity contribution >= 4 is 27.5 Å². The molecule has 1 aliphatic heterocycles. The van der Waals surface area contributed by atoms with Gasteiger partial charge in [0.1, 0.15) is 0 Å². The molecule has 0 aliphatic carbocycles. The first-order valence-corrected chi connectivity index (χ1v) is 13.2. The largest absolute Gasteiger partial charge is 0.348 e. The first kappa shape index (κ1) is 25.9. The van der Waals surface area contributed by atoms with Gasteiger partial charge in [-0.1, -0.05) is 36.2 Å². The second-order valence-electron chi connectivity index (χ2n) is 9.24. The van der Waals surface area contributed by atoms with Crippen LogP contribution in [0.3, 0.4) is 0 Å². The number of benzene rings is 2. The van der Waals surface area contributed by atoms with Crippen molar-refractivity contribution in [2.45, 2.75) is 71.2 Å². The Bertz CT molecular complexity index is 1170. The predicted molar refractivity (Wildman–Crippen MR) is 134 cm³/mol. The lowest BCUT2D eigenvalue weighted by Gasteiger charge is -2.35. The van der Waals surface area contributed by atoms with Gasteiger partial charge in [0.25, 0.3) is 0 Å². The fourth-order valence-electron chi connectivity index (χ4n) is 4.77. The molecular formula is C26H35N3O4S. The highest BCUT2D eigenvalue weighted by Gasteiger charge is 2.35. The Morgan fingerprint density at radius 1 is 0.971 bits per heavy atom. The molecule has 7 nitrogen and oxygen atoms in total. The number of rotatable bonds is 6. The maximum atomic E-state index is 13.6. The van der Waals surface area contributed by atoms with Gasteiger partial charge in [0.05, 0.1) is 4.90 Å². The first-order chi connectivity index (χ1) is 16.0. The molecule has 1 atom stereocenters. The van der Waals surface area contributed by atoms with E-state index in [9.17, 15) is 18.0 Å². The van der Waals surface area contributed by atoms with Gasteiger partial charge < -0.3 is 10.6 Å². The van der Waals surface area contributed by atoms with Crippen LogP contribution < -0.4 is 10.6 Å². The van der Waals surface area contributed by atoms with Crippen LogP contribution in [-0.4, -0.2) is 43.7 Å². The van der Waals surface area contributed by atoms with Gasteiger partial charge in [-0.15, -0.1) is 0 Å². The van der Waals surface area contributed by atoms with E-state index in [1.54, 1.807) is 10.4 Å². The first-order valence-electron chi connectivity index (χ1n) is 11.8. The van der Waals surface area contributed by atoms with Gasteiger partial charge >= 0.3 is 11.8 Å². The molecule has 1 saturated heterocycles. The normalized spacial score (nSPS) is 16.8. The maximum absolute atomic E-state index is 13.6. The molecule has 0 bridgehead atoms. The average Bonchev–Trinajstić information content (AvgIpc) is 2.76. The third-order valence-corrected chi connectivity index (χ3v) is 8.82. The molecule has 1 fully saturated rings. The van der Waals surface area contributed by atoms with E-state index in [-0.39, 0.29) is 12.6 Å². The Morgan fingerprint density at radius 3 is 2.32 bits per heavy atom. The van der Waals surface area contributed by atoms with E-state index in [1.807, 2.05) is 58.9 Å². The molecular weight excluding hydrogens is 450 g/mol. The molecule has 1 unspecified atom stereocenters. The van der Waals surface area contributed by atoms with E-state index < -0.39 is 21.8 Å². The van der Waals surface area contributed by atoms with Crippen LogP contribution in [-0.2, 0) is 19.6 Å². The van der Waals surface area contributed by atoms with E-state index in [4.69, 9.17) is 0 Å². The van der Waals surface area contributed by atoms with Gasteiger partial charge in [-0.3, -0.25) is 9.59 Å². The summed E-state index contributed by atoms with van der Waals surface area (Å²) in [6.45, 7) is 10.1. The summed E-state index contributed by atoms with van der Waals surface area (Å²) in [5.74, 6) is -1.45. The lowest BCUT2D eigenvalue weighted by molar-refractivity contribution is -0.136. The Balaban J connectivity index is 1.65. The van der Waals surface area contributed by atoms with Crippen LogP contribution in [0.4, 0.5) is 5.69 Å². The van der Waals surface area contributed by atoms with Gasteiger partial charge in [0.15, 0.2) is 0 Å². The number of hydrogen-bond acceptors (Lipinski definition) is 4. The summed E-state index contributed by atoms with van der Waals surface area (Å²) in [6, 6.07) is 9.09. The molecule has 0 aromatic heterocycles. The number of carbonyl (C=O) groups excluding carboxylic acids is 2. The number of sulfonamides is 1. The Kier molecular flexibility index (Phi) is 8.15. The van der Waals surface area contributed by atoms with Crippen LogP contribution in [0.25, 0.3) is 0 Å². The fourth-order valence-corrected chi connectivity index (χ4v) is 6.91. The summed E-state index contributed by atoms with van der Waals surface area (Å²) < 4.78 is 28.8. The number of anilines is 1. The van der Waals surface area contributed by atoms with Crippen LogP contribution >= 0.6 is 0 Å². The summed E-state index contributed by atoms with van der Waals surface area (Å²) in [6.07, 6.45) is 2.92. The van der Waals surface area contributed by atoms with Gasteiger partial charge in [0.2, 0.25) is 10.0 Å². The lowest BCUT2D eigenvalue weighted by atomic mass is 10.0. The molecule has 184 valence electrons. The van der Waals surface area contributed by atoms with Crippen LogP contribution in [0.15, 0.2) is 35.2 Å². The quantitative estimate of drug-likeness (QED) is 0.607. The minimum atomic E-state index is -3.66. The molecule has 2 aromatic carbocycles. The molecule has 1 heterocycles. The van der Waals surface area contributed by atoms with Crippen molar-refractivity contribution in [1.29, 1.82) is 0 Å². The fraction of sp³-hybridized carbons (Fsp3) is 0.462. The van der Waals surface area contributed by atoms with Crippen LogP contribution in [0.2, 0.25) is 0 Å². The van der Waals surface area contributed by atoms with E-state index in [2.05, 4.69) is 10.6 Å². The number of nitrogens with zero attached hydrogens (tertiary/aromatic N) is 1. The van der Waals surface area contributed by atoms with Crippen molar-refractivity contribution < 1.29 is 18.0 Å². The molecule has 0 saturated carbocycles. The Hall–Kier alpha value is -2.71. The molecule has 2 amide bonds. The summed E-state index contributed by atoms with van der Waals surface area (Å²) >= 11 is 0. The van der Waals surface area contributed by atoms with Gasteiger partial charge in [-0.25, -0.2) is 8.42 Å². The number of nitrogens with one attached hydrogen (secondary N) is 2. The highest BCUT2D eigenvalue weighted by atomic mass is 32.2. The van der Waals surface area contributed by atoms with Gasteiger partial charge in [-0.05, 0) is 82.2 Å².